The van der Waals surface area contributed by atoms with Crippen LogP contribution in [-0.2, 0) is 11.2 Å². The van der Waals surface area contributed by atoms with Gasteiger partial charge in [-0.1, -0.05) is 29.8 Å². The van der Waals surface area contributed by atoms with Crippen molar-refractivity contribution in [2.24, 2.45) is 0 Å². The number of hydrogen-bond donors (Lipinski definition) is 1. The topological polar surface area (TPSA) is 73.3 Å². The lowest BCUT2D eigenvalue weighted by Crippen LogP contribution is -2.33. The number of nitrogens with zero attached hydrogens (tertiary/aromatic N) is 2. The lowest BCUT2D eigenvalue weighted by Gasteiger charge is -2.12. The maximum Gasteiger partial charge on any atom is 0.244 e. The number of nitrogens with one attached hydrogen (secondary N) is 1. The molecule has 31 heavy (non-hydrogen) atoms. The molecule has 1 unspecified atom stereocenters. The normalized spacial score (nSPS) is 14.9. The summed E-state index contributed by atoms with van der Waals surface area (Å²) >= 11 is 6.08. The minimum atomic E-state index is -0.387. The molecule has 1 atom stereocenters. The van der Waals surface area contributed by atoms with Crippen molar-refractivity contribution in [3.8, 4) is 22.9 Å². The van der Waals surface area contributed by atoms with Crippen LogP contribution in [0.5, 0.6) is 11.6 Å². The first kappa shape index (κ1) is 20.8. The monoisotopic (exact) mass is 439 g/mol. The van der Waals surface area contributed by atoms with Crippen molar-refractivity contribution in [3.05, 3.63) is 76.6 Å². The zero-order valence-electron chi connectivity index (χ0n) is 16.6. The van der Waals surface area contributed by atoms with E-state index in [9.17, 15) is 9.18 Å². The van der Waals surface area contributed by atoms with Crippen molar-refractivity contribution in [1.82, 2.24) is 15.5 Å². The molecular weight excluding hydrogens is 421 g/mol. The summed E-state index contributed by atoms with van der Waals surface area (Å²) in [5.74, 6) is 0.254. The Morgan fingerprint density at radius 2 is 2.13 bits per heavy atom. The van der Waals surface area contributed by atoms with Crippen molar-refractivity contribution >= 4 is 23.6 Å². The lowest BCUT2D eigenvalue weighted by atomic mass is 10.0. The summed E-state index contributed by atoms with van der Waals surface area (Å²) in [6.07, 6.45) is 3.22. The molecule has 0 saturated heterocycles. The Labute approximate surface area is 183 Å². The first-order valence-corrected chi connectivity index (χ1v) is 9.99. The Kier molecular flexibility index (Phi) is 6.13. The average molecular weight is 440 g/mol. The van der Waals surface area contributed by atoms with E-state index < -0.39 is 0 Å². The highest BCUT2D eigenvalue weighted by Crippen LogP contribution is 2.39. The molecule has 1 amide bonds. The van der Waals surface area contributed by atoms with Gasteiger partial charge >= 0.3 is 0 Å². The molecule has 2 heterocycles. The van der Waals surface area contributed by atoms with Gasteiger partial charge in [-0.25, -0.2) is 4.39 Å². The zero-order chi connectivity index (χ0) is 21.8. The van der Waals surface area contributed by atoms with Crippen LogP contribution in [0.4, 0.5) is 4.39 Å². The first-order chi connectivity index (χ1) is 15.0. The van der Waals surface area contributed by atoms with Crippen LogP contribution in [0, 0.1) is 5.82 Å². The SMILES string of the molecule is COc1ccc(-c2cc(F)cc3c2OC(CNC(=O)/C=C/c2ccccc2Cl)C3)nn1. The van der Waals surface area contributed by atoms with Gasteiger partial charge in [-0.05, 0) is 35.9 Å². The third kappa shape index (κ3) is 4.83. The van der Waals surface area contributed by atoms with Crippen LogP contribution in [0.2, 0.25) is 5.02 Å². The second-order valence-corrected chi connectivity index (χ2v) is 7.35. The van der Waals surface area contributed by atoms with Gasteiger partial charge in [0.05, 0.1) is 19.3 Å². The molecule has 2 aromatic carbocycles. The van der Waals surface area contributed by atoms with Crippen LogP contribution < -0.4 is 14.8 Å². The molecule has 4 rings (SSSR count). The largest absolute Gasteiger partial charge is 0.487 e. The number of rotatable bonds is 6. The minimum absolute atomic E-state index is 0.271. The highest BCUT2D eigenvalue weighted by molar-refractivity contribution is 6.32. The molecule has 0 spiro atoms. The van der Waals surface area contributed by atoms with E-state index in [4.69, 9.17) is 21.1 Å². The van der Waals surface area contributed by atoms with Crippen LogP contribution in [0.15, 0.2) is 54.6 Å². The summed E-state index contributed by atoms with van der Waals surface area (Å²) in [5, 5.41) is 11.4. The Morgan fingerprint density at radius 1 is 1.29 bits per heavy atom. The van der Waals surface area contributed by atoms with E-state index >= 15 is 0 Å². The van der Waals surface area contributed by atoms with Gasteiger partial charge < -0.3 is 14.8 Å². The summed E-state index contributed by atoms with van der Waals surface area (Å²) < 4.78 is 25.2. The summed E-state index contributed by atoms with van der Waals surface area (Å²) in [6.45, 7) is 0.274. The van der Waals surface area contributed by atoms with Gasteiger partial charge in [0.25, 0.3) is 0 Å². The predicted molar refractivity (Wildman–Crippen MR) is 116 cm³/mol. The van der Waals surface area contributed by atoms with Crippen molar-refractivity contribution in [3.63, 3.8) is 0 Å². The maximum absolute atomic E-state index is 14.2. The van der Waals surface area contributed by atoms with Crippen molar-refractivity contribution in [1.29, 1.82) is 0 Å². The predicted octanol–water partition coefficient (Wildman–Crippen LogP) is 4.08. The average Bonchev–Trinajstić information content (AvgIpc) is 3.19. The van der Waals surface area contributed by atoms with Gasteiger partial charge in [-0.15, -0.1) is 10.2 Å². The number of benzene rings is 2. The molecule has 8 heteroatoms. The number of aromatic nitrogens is 2. The smallest absolute Gasteiger partial charge is 0.244 e. The van der Waals surface area contributed by atoms with Gasteiger partial charge in [0.2, 0.25) is 11.8 Å². The second kappa shape index (κ2) is 9.14. The second-order valence-electron chi connectivity index (χ2n) is 6.95. The third-order valence-electron chi connectivity index (χ3n) is 4.81. The number of ether oxygens (including phenoxy) is 2. The maximum atomic E-state index is 14.2. The molecule has 0 radical (unpaired) electrons. The molecule has 158 valence electrons. The summed E-state index contributed by atoms with van der Waals surface area (Å²) in [6, 6.07) is 13.4. The van der Waals surface area contributed by atoms with E-state index in [2.05, 4.69) is 15.5 Å². The number of fused-ring (bicyclic) bond motifs is 1. The van der Waals surface area contributed by atoms with E-state index in [0.717, 1.165) is 11.1 Å². The number of hydrogen-bond acceptors (Lipinski definition) is 5. The molecule has 0 aliphatic carbocycles. The highest BCUT2D eigenvalue weighted by atomic mass is 35.5. The Hall–Kier alpha value is -3.45. The van der Waals surface area contributed by atoms with E-state index in [1.165, 1.54) is 25.3 Å². The molecule has 1 N–H and O–H groups in total. The molecule has 3 aromatic rings. The van der Waals surface area contributed by atoms with Crippen LogP contribution in [0.1, 0.15) is 11.1 Å². The fourth-order valence-corrected chi connectivity index (χ4v) is 3.52. The number of amides is 1. The van der Waals surface area contributed by atoms with Crippen LogP contribution in [-0.4, -0.2) is 35.9 Å². The Morgan fingerprint density at radius 3 is 2.87 bits per heavy atom. The molecule has 6 nitrogen and oxygen atoms in total. The molecular formula is C23H19ClFN3O3. The van der Waals surface area contributed by atoms with Gasteiger partial charge in [-0.3, -0.25) is 4.79 Å². The summed E-state index contributed by atoms with van der Waals surface area (Å²) in [5.41, 5.74) is 2.46. The number of halogens is 2. The first-order valence-electron chi connectivity index (χ1n) is 9.61. The number of carbonyl (C=O) groups is 1. The Bertz CT molecular complexity index is 1140. The molecule has 0 fully saturated rings. The van der Waals surface area contributed by atoms with E-state index in [1.807, 2.05) is 18.2 Å². The molecule has 1 aliphatic rings. The summed E-state index contributed by atoms with van der Waals surface area (Å²) in [4.78, 5) is 12.2. The molecule has 1 aliphatic heterocycles. The van der Waals surface area contributed by atoms with Crippen molar-refractivity contribution in [2.75, 3.05) is 13.7 Å². The standard InChI is InChI=1S/C23H19ClFN3O3/c1-30-22-9-7-20(27-28-22)18-12-16(25)10-15-11-17(31-23(15)18)13-26-21(29)8-6-14-4-2-3-5-19(14)24/h2-10,12,17H,11,13H2,1H3,(H,26,29)/b8-6+. The van der Waals surface area contributed by atoms with Crippen LogP contribution in [0.3, 0.4) is 0 Å². The quantitative estimate of drug-likeness (QED) is 0.586. The van der Waals surface area contributed by atoms with E-state index in [-0.39, 0.29) is 24.4 Å². The number of methoxy groups -OCH3 is 1. The van der Waals surface area contributed by atoms with Gasteiger partial charge in [0.15, 0.2) is 0 Å². The Balaban J connectivity index is 1.42. The van der Waals surface area contributed by atoms with Crippen molar-refractivity contribution < 1.29 is 18.7 Å². The van der Waals surface area contributed by atoms with Crippen molar-refractivity contribution in [2.45, 2.75) is 12.5 Å². The summed E-state index contributed by atoms with van der Waals surface area (Å²) in [7, 11) is 1.50. The molecule has 0 bridgehead atoms. The van der Waals surface area contributed by atoms with Gasteiger partial charge in [0.1, 0.15) is 17.7 Å². The number of carbonyl (C=O) groups excluding carboxylic acids is 1. The minimum Gasteiger partial charge on any atom is -0.487 e. The molecule has 1 aromatic heterocycles. The van der Waals surface area contributed by atoms with Crippen LogP contribution in [0.25, 0.3) is 17.3 Å². The zero-order valence-corrected chi connectivity index (χ0v) is 17.4. The van der Waals surface area contributed by atoms with Gasteiger partial charge in [-0.2, -0.15) is 0 Å². The van der Waals surface area contributed by atoms with E-state index in [0.29, 0.717) is 34.3 Å². The van der Waals surface area contributed by atoms with Gasteiger partial charge in [0, 0.05) is 34.7 Å². The highest BCUT2D eigenvalue weighted by Gasteiger charge is 2.27. The lowest BCUT2D eigenvalue weighted by molar-refractivity contribution is -0.116. The molecule has 0 saturated carbocycles. The third-order valence-corrected chi connectivity index (χ3v) is 5.16. The fraction of sp³-hybridized carbons (Fsp3) is 0.174. The van der Waals surface area contributed by atoms with Crippen LogP contribution >= 0.6 is 11.6 Å². The fourth-order valence-electron chi connectivity index (χ4n) is 3.32. The van der Waals surface area contributed by atoms with E-state index in [1.54, 1.807) is 24.3 Å².